The molecule has 1 fully saturated rings. The SMILES string of the molecule is NC(=NCc1ccnc(OC2CCCC2)c1)Nc1ccc(OC(F)(F)F)cc1. The summed E-state index contributed by atoms with van der Waals surface area (Å²) in [6.45, 7) is 0.317. The third-order valence-electron chi connectivity index (χ3n) is 4.18. The molecule has 0 atom stereocenters. The Bertz CT molecular complexity index is 804. The quantitative estimate of drug-likeness (QED) is 0.566. The average molecular weight is 394 g/mol. The molecule has 0 saturated heterocycles. The number of nitrogens with zero attached hydrogens (tertiary/aromatic N) is 2. The highest BCUT2D eigenvalue weighted by Crippen LogP contribution is 2.24. The number of nitrogens with two attached hydrogens (primary N) is 1. The lowest BCUT2D eigenvalue weighted by molar-refractivity contribution is -0.274. The molecule has 150 valence electrons. The van der Waals surface area contributed by atoms with E-state index in [1.807, 2.05) is 12.1 Å². The van der Waals surface area contributed by atoms with Crippen molar-refractivity contribution in [1.29, 1.82) is 0 Å². The molecule has 6 nitrogen and oxygen atoms in total. The van der Waals surface area contributed by atoms with Crippen LogP contribution in [0.2, 0.25) is 0 Å². The minimum absolute atomic E-state index is 0.138. The van der Waals surface area contributed by atoms with Crippen LogP contribution < -0.4 is 20.5 Å². The molecule has 1 aliphatic rings. The molecule has 0 aliphatic heterocycles. The zero-order valence-electron chi connectivity index (χ0n) is 15.1. The van der Waals surface area contributed by atoms with Gasteiger partial charge < -0.3 is 20.5 Å². The van der Waals surface area contributed by atoms with E-state index in [2.05, 4.69) is 20.0 Å². The standard InChI is InChI=1S/C19H21F3N4O2/c20-19(21,22)28-16-7-5-14(6-8-16)26-18(23)25-12-13-9-10-24-17(11-13)27-15-3-1-2-4-15/h5-11,15H,1-4,12H2,(H3,23,25,26). The molecule has 1 aromatic heterocycles. The van der Waals surface area contributed by atoms with E-state index >= 15 is 0 Å². The number of rotatable bonds is 6. The molecule has 9 heteroatoms. The lowest BCUT2D eigenvalue weighted by Gasteiger charge is -2.12. The first kappa shape index (κ1) is 19.8. The van der Waals surface area contributed by atoms with Gasteiger partial charge in [-0.1, -0.05) is 0 Å². The molecule has 1 aliphatic carbocycles. The number of ether oxygens (including phenoxy) is 2. The Kier molecular flexibility index (Phi) is 6.23. The van der Waals surface area contributed by atoms with Crippen molar-refractivity contribution in [3.63, 3.8) is 0 Å². The number of aliphatic imine (C=N–C) groups is 1. The van der Waals surface area contributed by atoms with E-state index in [9.17, 15) is 13.2 Å². The van der Waals surface area contributed by atoms with Crippen molar-refractivity contribution in [1.82, 2.24) is 4.98 Å². The summed E-state index contributed by atoms with van der Waals surface area (Å²) in [5.74, 6) is 0.408. The molecule has 1 aromatic carbocycles. The second kappa shape index (κ2) is 8.81. The van der Waals surface area contributed by atoms with Crippen LogP contribution in [-0.2, 0) is 6.54 Å². The lowest BCUT2D eigenvalue weighted by Crippen LogP contribution is -2.22. The Morgan fingerprint density at radius 3 is 2.57 bits per heavy atom. The molecule has 0 spiro atoms. The van der Waals surface area contributed by atoms with Crippen LogP contribution in [0.3, 0.4) is 0 Å². The average Bonchev–Trinajstić information content (AvgIpc) is 3.14. The van der Waals surface area contributed by atoms with Gasteiger partial charge in [0, 0.05) is 18.0 Å². The fraction of sp³-hybridized carbons (Fsp3) is 0.368. The second-order valence-corrected chi connectivity index (χ2v) is 6.43. The summed E-state index contributed by atoms with van der Waals surface area (Å²) in [6.07, 6.45) is 1.63. The van der Waals surface area contributed by atoms with E-state index in [-0.39, 0.29) is 17.8 Å². The molecule has 0 bridgehead atoms. The predicted octanol–water partition coefficient (Wildman–Crippen LogP) is 4.23. The number of hydrogen-bond donors (Lipinski definition) is 2. The van der Waals surface area contributed by atoms with Crippen molar-refractivity contribution in [2.24, 2.45) is 10.7 Å². The normalized spacial score (nSPS) is 15.5. The molecular weight excluding hydrogens is 373 g/mol. The van der Waals surface area contributed by atoms with Crippen molar-refractivity contribution in [2.45, 2.75) is 44.7 Å². The van der Waals surface area contributed by atoms with Crippen LogP contribution in [0.15, 0.2) is 47.6 Å². The van der Waals surface area contributed by atoms with Gasteiger partial charge in [-0.05, 0) is 61.6 Å². The summed E-state index contributed by atoms with van der Waals surface area (Å²) in [7, 11) is 0. The molecule has 1 heterocycles. The van der Waals surface area contributed by atoms with Crippen LogP contribution in [0.5, 0.6) is 11.6 Å². The number of halogens is 3. The number of guanidine groups is 1. The fourth-order valence-electron chi connectivity index (χ4n) is 2.89. The molecule has 1 saturated carbocycles. The van der Waals surface area contributed by atoms with Crippen molar-refractivity contribution in [2.75, 3.05) is 5.32 Å². The predicted molar refractivity (Wildman–Crippen MR) is 99.2 cm³/mol. The highest BCUT2D eigenvalue weighted by molar-refractivity contribution is 5.92. The smallest absolute Gasteiger partial charge is 0.474 e. The van der Waals surface area contributed by atoms with Crippen molar-refractivity contribution in [3.05, 3.63) is 48.2 Å². The van der Waals surface area contributed by atoms with Gasteiger partial charge in [-0.15, -0.1) is 13.2 Å². The summed E-state index contributed by atoms with van der Waals surface area (Å²) >= 11 is 0. The zero-order chi connectivity index (χ0) is 20.0. The number of aromatic nitrogens is 1. The Hall–Kier alpha value is -2.97. The van der Waals surface area contributed by atoms with Crippen molar-refractivity contribution < 1.29 is 22.6 Å². The maximum absolute atomic E-state index is 12.2. The van der Waals surface area contributed by atoms with E-state index in [1.54, 1.807) is 6.20 Å². The van der Waals surface area contributed by atoms with Crippen LogP contribution in [0.4, 0.5) is 18.9 Å². The molecule has 3 rings (SSSR count). The summed E-state index contributed by atoms with van der Waals surface area (Å²) in [6, 6.07) is 8.88. The van der Waals surface area contributed by atoms with Gasteiger partial charge in [0.25, 0.3) is 0 Å². The van der Waals surface area contributed by atoms with Gasteiger partial charge in [0.15, 0.2) is 5.96 Å². The minimum Gasteiger partial charge on any atom is -0.474 e. The molecule has 28 heavy (non-hydrogen) atoms. The zero-order valence-corrected chi connectivity index (χ0v) is 15.1. The van der Waals surface area contributed by atoms with Crippen LogP contribution in [0.25, 0.3) is 0 Å². The topological polar surface area (TPSA) is 81.8 Å². The monoisotopic (exact) mass is 394 g/mol. The Morgan fingerprint density at radius 1 is 1.18 bits per heavy atom. The lowest BCUT2D eigenvalue weighted by atomic mass is 10.2. The summed E-state index contributed by atoms with van der Waals surface area (Å²) in [5, 5.41) is 2.82. The van der Waals surface area contributed by atoms with Crippen LogP contribution in [0.1, 0.15) is 31.2 Å². The Balaban J connectivity index is 1.54. The van der Waals surface area contributed by atoms with Crippen molar-refractivity contribution in [3.8, 4) is 11.6 Å². The van der Waals surface area contributed by atoms with Gasteiger partial charge in [-0.25, -0.2) is 9.98 Å². The Morgan fingerprint density at radius 2 is 1.89 bits per heavy atom. The summed E-state index contributed by atoms with van der Waals surface area (Å²) < 4.78 is 46.2. The molecule has 3 N–H and O–H groups in total. The number of pyridine rings is 1. The number of alkyl halides is 3. The van der Waals surface area contributed by atoms with Gasteiger partial charge in [0.1, 0.15) is 11.9 Å². The third kappa shape index (κ3) is 6.33. The highest BCUT2D eigenvalue weighted by Gasteiger charge is 2.30. The van der Waals surface area contributed by atoms with Crippen LogP contribution in [-0.4, -0.2) is 23.4 Å². The first-order valence-corrected chi connectivity index (χ1v) is 8.92. The fourth-order valence-corrected chi connectivity index (χ4v) is 2.89. The van der Waals surface area contributed by atoms with E-state index in [0.717, 1.165) is 18.4 Å². The van der Waals surface area contributed by atoms with Gasteiger partial charge >= 0.3 is 6.36 Å². The van der Waals surface area contributed by atoms with Crippen LogP contribution >= 0.6 is 0 Å². The third-order valence-corrected chi connectivity index (χ3v) is 4.18. The number of nitrogens with one attached hydrogen (secondary N) is 1. The van der Waals surface area contributed by atoms with E-state index in [4.69, 9.17) is 10.5 Å². The maximum Gasteiger partial charge on any atom is 0.573 e. The van der Waals surface area contributed by atoms with Gasteiger partial charge in [-0.3, -0.25) is 0 Å². The molecular formula is C19H21F3N4O2. The van der Waals surface area contributed by atoms with E-state index in [0.29, 0.717) is 18.1 Å². The number of anilines is 1. The minimum atomic E-state index is -4.72. The molecule has 0 amide bonds. The number of benzene rings is 1. The van der Waals surface area contributed by atoms with Crippen LogP contribution in [0, 0.1) is 0 Å². The first-order chi connectivity index (χ1) is 13.4. The highest BCUT2D eigenvalue weighted by atomic mass is 19.4. The van der Waals surface area contributed by atoms with E-state index in [1.165, 1.54) is 37.1 Å². The van der Waals surface area contributed by atoms with Gasteiger partial charge in [0.05, 0.1) is 6.54 Å². The molecule has 0 unspecified atom stereocenters. The maximum atomic E-state index is 12.2. The summed E-state index contributed by atoms with van der Waals surface area (Å²) in [4.78, 5) is 8.45. The molecule has 0 radical (unpaired) electrons. The largest absolute Gasteiger partial charge is 0.573 e. The Labute approximate surface area is 160 Å². The van der Waals surface area contributed by atoms with Gasteiger partial charge in [-0.2, -0.15) is 0 Å². The number of hydrogen-bond acceptors (Lipinski definition) is 4. The second-order valence-electron chi connectivity index (χ2n) is 6.43. The van der Waals surface area contributed by atoms with Gasteiger partial charge in [0.2, 0.25) is 5.88 Å². The van der Waals surface area contributed by atoms with E-state index < -0.39 is 6.36 Å². The first-order valence-electron chi connectivity index (χ1n) is 8.92. The molecule has 2 aromatic rings. The summed E-state index contributed by atoms with van der Waals surface area (Å²) in [5.41, 5.74) is 7.23. The van der Waals surface area contributed by atoms with Crippen molar-refractivity contribution >= 4 is 11.6 Å².